The van der Waals surface area contributed by atoms with Gasteiger partial charge in [0.15, 0.2) is 0 Å². The molecule has 3 N–H and O–H groups in total. The van der Waals surface area contributed by atoms with E-state index >= 15 is 0 Å². The zero-order chi connectivity index (χ0) is 13.2. The average Bonchev–Trinajstić information content (AvgIpc) is 2.95. The topological polar surface area (TPSA) is 98.2 Å². The second-order valence-electron chi connectivity index (χ2n) is 3.60. The largest absolute Gasteiger partial charge is 0.444 e. The van der Waals surface area contributed by atoms with E-state index in [0.29, 0.717) is 11.6 Å². The molecule has 0 radical (unpaired) electrons. The molecule has 0 aliphatic heterocycles. The Morgan fingerprint density at radius 2 is 2.33 bits per heavy atom. The molecule has 2 aromatic rings. The maximum atomic E-state index is 11.9. The van der Waals surface area contributed by atoms with Crippen molar-refractivity contribution in [2.24, 2.45) is 0 Å². The minimum Gasteiger partial charge on any atom is -0.444 e. The predicted molar refractivity (Wildman–Crippen MR) is 68.6 cm³/mol. The lowest BCUT2D eigenvalue weighted by Gasteiger charge is -2.01. The Balaban J connectivity index is 2.05. The summed E-state index contributed by atoms with van der Waals surface area (Å²) < 4.78 is 31.6. The maximum absolute atomic E-state index is 11.9. The first-order valence-corrected chi connectivity index (χ1v) is 7.65. The monoisotopic (exact) mass is 287 g/mol. The number of thiophene rings is 1. The van der Waals surface area contributed by atoms with Crippen LogP contribution in [0.5, 0.6) is 0 Å². The van der Waals surface area contributed by atoms with E-state index in [4.69, 9.17) is 10.2 Å². The van der Waals surface area contributed by atoms with Crippen LogP contribution in [0.25, 0.3) is 0 Å². The van der Waals surface area contributed by atoms with E-state index in [2.05, 4.69) is 9.71 Å². The van der Waals surface area contributed by atoms with Crippen molar-refractivity contribution in [1.82, 2.24) is 9.71 Å². The summed E-state index contributed by atoms with van der Waals surface area (Å²) in [5, 5.41) is 1.58. The molecule has 2 heterocycles. The first kappa shape index (κ1) is 13.1. The van der Waals surface area contributed by atoms with Gasteiger partial charge >= 0.3 is 0 Å². The average molecular weight is 287 g/mol. The van der Waals surface area contributed by atoms with Crippen molar-refractivity contribution < 1.29 is 12.8 Å². The van der Waals surface area contributed by atoms with E-state index in [1.54, 1.807) is 11.6 Å². The summed E-state index contributed by atoms with van der Waals surface area (Å²) in [5.74, 6) is 1.07. The number of oxazole rings is 1. The van der Waals surface area contributed by atoms with Gasteiger partial charge < -0.3 is 10.2 Å². The number of nitrogens with two attached hydrogens (primary N) is 1. The first-order valence-electron chi connectivity index (χ1n) is 5.28. The van der Waals surface area contributed by atoms with Crippen LogP contribution < -0.4 is 10.5 Å². The molecule has 0 aliphatic rings. The minimum absolute atomic E-state index is 0.0279. The lowest BCUT2D eigenvalue weighted by molar-refractivity contribution is 0.452. The highest BCUT2D eigenvalue weighted by atomic mass is 32.2. The van der Waals surface area contributed by atoms with E-state index in [0.717, 1.165) is 23.5 Å². The van der Waals surface area contributed by atoms with Crippen LogP contribution in [0.3, 0.4) is 0 Å². The van der Waals surface area contributed by atoms with E-state index in [-0.39, 0.29) is 10.8 Å². The van der Waals surface area contributed by atoms with Crippen molar-refractivity contribution in [2.75, 3.05) is 5.73 Å². The molecule has 0 fully saturated rings. The molecular formula is C10H13N3O3S2. The highest BCUT2D eigenvalue weighted by Crippen LogP contribution is 2.21. The van der Waals surface area contributed by atoms with Gasteiger partial charge in [0.1, 0.15) is 9.97 Å². The third-order valence-electron chi connectivity index (χ3n) is 2.22. The number of hydrogen-bond donors (Lipinski definition) is 2. The van der Waals surface area contributed by atoms with Crippen LogP contribution in [0.4, 0.5) is 5.69 Å². The molecule has 0 atom stereocenters. The second-order valence-corrected chi connectivity index (χ2v) is 6.50. The molecule has 2 rings (SSSR count). The minimum atomic E-state index is -3.55. The van der Waals surface area contributed by atoms with Crippen molar-refractivity contribution in [3.8, 4) is 0 Å². The molecule has 98 valence electrons. The second kappa shape index (κ2) is 5.09. The van der Waals surface area contributed by atoms with Gasteiger partial charge in [-0.25, -0.2) is 18.1 Å². The molecule has 0 amide bonds. The molecule has 0 aromatic carbocycles. The molecule has 0 bridgehead atoms. The van der Waals surface area contributed by atoms with Crippen LogP contribution in [0.1, 0.15) is 18.6 Å². The van der Waals surface area contributed by atoms with Crippen molar-refractivity contribution in [3.05, 3.63) is 29.3 Å². The van der Waals surface area contributed by atoms with Gasteiger partial charge in [-0.15, -0.1) is 11.3 Å². The van der Waals surface area contributed by atoms with E-state index in [1.807, 2.05) is 6.92 Å². The Kier molecular flexibility index (Phi) is 3.69. The fourth-order valence-corrected chi connectivity index (χ4v) is 3.39. The number of aryl methyl sites for hydroxylation is 1. The van der Waals surface area contributed by atoms with Crippen LogP contribution in [0, 0.1) is 0 Å². The summed E-state index contributed by atoms with van der Waals surface area (Å²) in [6, 6.07) is 1.42. The fraction of sp³-hybridized carbons (Fsp3) is 0.300. The third kappa shape index (κ3) is 2.89. The summed E-state index contributed by atoms with van der Waals surface area (Å²) in [4.78, 5) is 3.97. The number of nitrogens with one attached hydrogen (secondary N) is 1. The van der Waals surface area contributed by atoms with Crippen LogP contribution in [0.15, 0.2) is 26.3 Å². The van der Waals surface area contributed by atoms with Gasteiger partial charge in [0.05, 0.1) is 12.7 Å². The van der Waals surface area contributed by atoms with Gasteiger partial charge in [-0.3, -0.25) is 0 Å². The zero-order valence-corrected chi connectivity index (χ0v) is 11.3. The van der Waals surface area contributed by atoms with Gasteiger partial charge in [-0.2, -0.15) is 0 Å². The SMILES string of the molecule is CCc1cnc(CNS(=O)(=O)c2cc(N)cs2)o1. The highest BCUT2D eigenvalue weighted by molar-refractivity contribution is 7.91. The molecule has 18 heavy (non-hydrogen) atoms. The summed E-state index contributed by atoms with van der Waals surface area (Å²) in [5.41, 5.74) is 5.93. The fourth-order valence-electron chi connectivity index (χ4n) is 1.29. The molecule has 6 nitrogen and oxygen atoms in total. The van der Waals surface area contributed by atoms with Crippen LogP contribution in [-0.2, 0) is 23.0 Å². The summed E-state index contributed by atoms with van der Waals surface area (Å²) in [6.45, 7) is 1.96. The first-order chi connectivity index (χ1) is 8.51. The van der Waals surface area contributed by atoms with Gasteiger partial charge in [0, 0.05) is 17.5 Å². The normalized spacial score (nSPS) is 11.8. The summed E-state index contributed by atoms with van der Waals surface area (Å²) in [7, 11) is -3.55. The Morgan fingerprint density at radius 3 is 2.89 bits per heavy atom. The molecule has 8 heteroatoms. The predicted octanol–water partition coefficient (Wildman–Crippen LogP) is 1.36. The van der Waals surface area contributed by atoms with Gasteiger partial charge in [0.25, 0.3) is 10.0 Å². The summed E-state index contributed by atoms with van der Waals surface area (Å²) in [6.07, 6.45) is 2.31. The molecule has 0 saturated heterocycles. The number of nitrogens with zero attached hydrogens (tertiary/aromatic N) is 1. The van der Waals surface area contributed by atoms with Crippen molar-refractivity contribution in [2.45, 2.75) is 24.1 Å². The number of rotatable bonds is 5. The maximum Gasteiger partial charge on any atom is 0.250 e. The number of nitrogen functional groups attached to an aromatic ring is 1. The van der Waals surface area contributed by atoms with Crippen molar-refractivity contribution in [3.63, 3.8) is 0 Å². The van der Waals surface area contributed by atoms with Crippen molar-refractivity contribution >= 4 is 27.0 Å². The highest BCUT2D eigenvalue weighted by Gasteiger charge is 2.17. The Labute approximate surface area is 109 Å². The number of aromatic nitrogens is 1. The zero-order valence-electron chi connectivity index (χ0n) is 9.71. The van der Waals surface area contributed by atoms with Gasteiger partial charge in [-0.05, 0) is 6.07 Å². The Hall–Kier alpha value is -1.38. The Bertz CT molecular complexity index is 630. The molecule has 0 spiro atoms. The number of anilines is 1. The summed E-state index contributed by atoms with van der Waals surface area (Å²) >= 11 is 1.07. The lowest BCUT2D eigenvalue weighted by atomic mass is 10.4. The van der Waals surface area contributed by atoms with Crippen molar-refractivity contribution in [1.29, 1.82) is 0 Å². The quantitative estimate of drug-likeness (QED) is 0.865. The third-order valence-corrected chi connectivity index (χ3v) is 5.08. The number of sulfonamides is 1. The van der Waals surface area contributed by atoms with Crippen LogP contribution in [0.2, 0.25) is 0 Å². The lowest BCUT2D eigenvalue weighted by Crippen LogP contribution is -2.22. The molecule has 2 aromatic heterocycles. The van der Waals surface area contributed by atoms with Crippen LogP contribution in [-0.4, -0.2) is 13.4 Å². The smallest absolute Gasteiger partial charge is 0.250 e. The molecule has 0 saturated carbocycles. The van der Waals surface area contributed by atoms with E-state index in [1.165, 1.54) is 6.07 Å². The number of hydrogen-bond acceptors (Lipinski definition) is 6. The molecule has 0 aliphatic carbocycles. The molecule has 0 unspecified atom stereocenters. The standard InChI is InChI=1S/C10H13N3O3S2/c1-2-8-4-12-9(16-8)5-13-18(14,15)10-3-7(11)6-17-10/h3-4,6,13H,2,5,11H2,1H3. The molecular weight excluding hydrogens is 274 g/mol. The van der Waals surface area contributed by atoms with E-state index in [9.17, 15) is 8.42 Å². The van der Waals surface area contributed by atoms with Gasteiger partial charge in [0.2, 0.25) is 5.89 Å². The van der Waals surface area contributed by atoms with Gasteiger partial charge in [-0.1, -0.05) is 6.92 Å². The van der Waals surface area contributed by atoms with E-state index < -0.39 is 10.0 Å². The van der Waals surface area contributed by atoms with Crippen LogP contribution >= 0.6 is 11.3 Å². The Morgan fingerprint density at radius 1 is 1.56 bits per heavy atom.